The zero-order valence-electron chi connectivity index (χ0n) is 13.9. The van der Waals surface area contributed by atoms with Gasteiger partial charge in [-0.1, -0.05) is 19.9 Å². The molecule has 0 amide bonds. The lowest BCUT2D eigenvalue weighted by Crippen LogP contribution is -2.18. The summed E-state index contributed by atoms with van der Waals surface area (Å²) in [5.41, 5.74) is 9.71. The molecule has 0 radical (unpaired) electrons. The van der Waals surface area contributed by atoms with Crippen LogP contribution in [0.15, 0.2) is 18.2 Å². The van der Waals surface area contributed by atoms with Gasteiger partial charge in [0.15, 0.2) is 0 Å². The van der Waals surface area contributed by atoms with Crippen molar-refractivity contribution in [3.63, 3.8) is 0 Å². The van der Waals surface area contributed by atoms with Gasteiger partial charge in [-0.25, -0.2) is 4.98 Å². The van der Waals surface area contributed by atoms with E-state index >= 15 is 0 Å². The van der Waals surface area contributed by atoms with Gasteiger partial charge in [0.25, 0.3) is 0 Å². The topological polar surface area (TPSA) is 47.1 Å². The van der Waals surface area contributed by atoms with E-state index in [2.05, 4.69) is 55.6 Å². The summed E-state index contributed by atoms with van der Waals surface area (Å²) < 4.78 is 2.29. The summed E-state index contributed by atoms with van der Waals surface area (Å²) in [4.78, 5) is 6.99. The van der Waals surface area contributed by atoms with E-state index in [1.54, 1.807) is 0 Å². The number of aryl methyl sites for hydroxylation is 1. The van der Waals surface area contributed by atoms with Crippen molar-refractivity contribution >= 4 is 11.0 Å². The lowest BCUT2D eigenvalue weighted by Gasteiger charge is -2.14. The van der Waals surface area contributed by atoms with Crippen molar-refractivity contribution in [1.29, 1.82) is 0 Å². The predicted octanol–water partition coefficient (Wildman–Crippen LogP) is 3.13. The molecule has 0 bridgehead atoms. The molecule has 2 N–H and O–H groups in total. The number of benzene rings is 1. The van der Waals surface area contributed by atoms with Gasteiger partial charge in [0.05, 0.1) is 17.1 Å². The quantitative estimate of drug-likeness (QED) is 0.888. The average Bonchev–Trinajstić information content (AvgIpc) is 2.76. The fraction of sp³-hybridized carbons (Fsp3) is 0.588. The Labute approximate surface area is 128 Å². The largest absolute Gasteiger partial charge is 0.327 e. The lowest BCUT2D eigenvalue weighted by atomic mass is 10.0. The fourth-order valence-corrected chi connectivity index (χ4v) is 2.65. The minimum absolute atomic E-state index is 0.0424. The molecule has 0 saturated carbocycles. The van der Waals surface area contributed by atoms with Crippen LogP contribution in [-0.2, 0) is 6.54 Å². The third kappa shape index (κ3) is 3.63. The summed E-state index contributed by atoms with van der Waals surface area (Å²) in [6.45, 7) is 8.46. The molecule has 4 nitrogen and oxygen atoms in total. The van der Waals surface area contributed by atoms with E-state index in [0.29, 0.717) is 5.92 Å². The first-order chi connectivity index (χ1) is 9.90. The van der Waals surface area contributed by atoms with Gasteiger partial charge in [-0.3, -0.25) is 0 Å². The van der Waals surface area contributed by atoms with E-state index in [4.69, 9.17) is 10.7 Å². The zero-order chi connectivity index (χ0) is 15.6. The Morgan fingerprint density at radius 1 is 1.24 bits per heavy atom. The highest BCUT2D eigenvalue weighted by molar-refractivity contribution is 5.77. The zero-order valence-corrected chi connectivity index (χ0v) is 13.9. The summed E-state index contributed by atoms with van der Waals surface area (Å²) in [6, 6.07) is 6.56. The molecule has 0 fully saturated rings. The van der Waals surface area contributed by atoms with Crippen LogP contribution in [0, 0.1) is 0 Å². The fourth-order valence-electron chi connectivity index (χ4n) is 2.65. The van der Waals surface area contributed by atoms with Crippen LogP contribution >= 0.6 is 0 Å². The Kier molecular flexibility index (Phi) is 5.01. The smallest absolute Gasteiger partial charge is 0.126 e. The molecule has 1 aromatic carbocycles. The molecule has 0 spiro atoms. The number of imidazole rings is 1. The summed E-state index contributed by atoms with van der Waals surface area (Å²) in [5.74, 6) is 1.51. The number of nitrogens with two attached hydrogens (primary N) is 1. The molecule has 1 heterocycles. The minimum Gasteiger partial charge on any atom is -0.327 e. The van der Waals surface area contributed by atoms with Gasteiger partial charge < -0.3 is 15.2 Å². The van der Waals surface area contributed by atoms with Crippen LogP contribution in [0.2, 0.25) is 0 Å². The van der Waals surface area contributed by atoms with Crippen LogP contribution in [0.3, 0.4) is 0 Å². The maximum absolute atomic E-state index is 6.11. The Balaban J connectivity index is 2.38. The summed E-state index contributed by atoms with van der Waals surface area (Å²) in [5, 5.41) is 0. The van der Waals surface area contributed by atoms with Gasteiger partial charge in [-0.05, 0) is 57.6 Å². The maximum atomic E-state index is 6.11. The van der Waals surface area contributed by atoms with Crippen molar-refractivity contribution in [1.82, 2.24) is 14.5 Å². The van der Waals surface area contributed by atoms with Gasteiger partial charge in [0, 0.05) is 6.54 Å². The second kappa shape index (κ2) is 6.58. The molecule has 4 heteroatoms. The van der Waals surface area contributed by atoms with Crippen molar-refractivity contribution in [3.8, 4) is 0 Å². The van der Waals surface area contributed by atoms with Crippen LogP contribution in [0.1, 0.15) is 50.5 Å². The number of hydrogen-bond donors (Lipinski definition) is 1. The van der Waals surface area contributed by atoms with Crippen LogP contribution in [-0.4, -0.2) is 35.1 Å². The molecule has 116 valence electrons. The van der Waals surface area contributed by atoms with Gasteiger partial charge in [0.1, 0.15) is 5.82 Å². The van der Waals surface area contributed by atoms with Gasteiger partial charge in [-0.15, -0.1) is 0 Å². The SMILES string of the molecule is CC(C)c1ccc2c(c1)nc(C(C)N)n2CCCN(C)C. The minimum atomic E-state index is -0.0424. The molecule has 0 aliphatic carbocycles. The molecular formula is C17H28N4. The van der Waals surface area contributed by atoms with Crippen molar-refractivity contribution in [3.05, 3.63) is 29.6 Å². The normalized spacial score (nSPS) is 13.5. The molecule has 2 rings (SSSR count). The highest BCUT2D eigenvalue weighted by Crippen LogP contribution is 2.24. The van der Waals surface area contributed by atoms with Crippen LogP contribution in [0.25, 0.3) is 11.0 Å². The van der Waals surface area contributed by atoms with Crippen LogP contribution in [0.5, 0.6) is 0 Å². The second-order valence-electron chi connectivity index (χ2n) is 6.47. The third-order valence-corrected chi connectivity index (χ3v) is 3.86. The number of nitrogens with zero attached hydrogens (tertiary/aromatic N) is 3. The number of fused-ring (bicyclic) bond motifs is 1. The summed E-state index contributed by atoms with van der Waals surface area (Å²) in [7, 11) is 4.21. The van der Waals surface area contributed by atoms with Crippen LogP contribution in [0.4, 0.5) is 0 Å². The van der Waals surface area contributed by atoms with Gasteiger partial charge >= 0.3 is 0 Å². The van der Waals surface area contributed by atoms with E-state index in [-0.39, 0.29) is 6.04 Å². The first-order valence-electron chi connectivity index (χ1n) is 7.80. The predicted molar refractivity (Wildman–Crippen MR) is 89.6 cm³/mol. The van der Waals surface area contributed by atoms with E-state index in [1.165, 1.54) is 11.1 Å². The summed E-state index contributed by atoms with van der Waals surface area (Å²) >= 11 is 0. The highest BCUT2D eigenvalue weighted by atomic mass is 15.1. The Hall–Kier alpha value is -1.39. The molecule has 2 aromatic rings. The van der Waals surface area contributed by atoms with E-state index in [9.17, 15) is 0 Å². The standard InChI is InChI=1S/C17H28N4/c1-12(2)14-7-8-16-15(11-14)19-17(13(3)18)21(16)10-6-9-20(4)5/h7-8,11-13H,6,9-10,18H2,1-5H3. The summed E-state index contributed by atoms with van der Waals surface area (Å²) in [6.07, 6.45) is 1.10. The van der Waals surface area contributed by atoms with E-state index in [1.807, 2.05) is 6.92 Å². The maximum Gasteiger partial charge on any atom is 0.126 e. The molecule has 21 heavy (non-hydrogen) atoms. The first-order valence-corrected chi connectivity index (χ1v) is 7.80. The molecule has 1 aromatic heterocycles. The van der Waals surface area contributed by atoms with Crippen molar-refractivity contribution in [2.24, 2.45) is 5.73 Å². The second-order valence-corrected chi connectivity index (χ2v) is 6.47. The molecule has 0 saturated heterocycles. The molecular weight excluding hydrogens is 260 g/mol. The number of aromatic nitrogens is 2. The molecule has 0 aliphatic rings. The first kappa shape index (κ1) is 16.0. The number of rotatable bonds is 6. The van der Waals surface area contributed by atoms with Gasteiger partial charge in [-0.2, -0.15) is 0 Å². The van der Waals surface area contributed by atoms with Crippen molar-refractivity contribution in [2.45, 2.75) is 45.7 Å². The Morgan fingerprint density at radius 2 is 1.95 bits per heavy atom. The number of hydrogen-bond acceptors (Lipinski definition) is 3. The monoisotopic (exact) mass is 288 g/mol. The highest BCUT2D eigenvalue weighted by Gasteiger charge is 2.14. The Morgan fingerprint density at radius 3 is 2.52 bits per heavy atom. The van der Waals surface area contributed by atoms with Crippen LogP contribution < -0.4 is 5.73 Å². The third-order valence-electron chi connectivity index (χ3n) is 3.86. The Bertz CT molecular complexity index is 596. The van der Waals surface area contributed by atoms with Crippen molar-refractivity contribution in [2.75, 3.05) is 20.6 Å². The molecule has 0 aliphatic heterocycles. The lowest BCUT2D eigenvalue weighted by molar-refractivity contribution is 0.385. The molecule has 1 unspecified atom stereocenters. The van der Waals surface area contributed by atoms with E-state index in [0.717, 1.165) is 30.9 Å². The van der Waals surface area contributed by atoms with Crippen molar-refractivity contribution < 1.29 is 0 Å². The average molecular weight is 288 g/mol. The van der Waals surface area contributed by atoms with E-state index < -0.39 is 0 Å². The molecule has 1 atom stereocenters. The van der Waals surface area contributed by atoms with Gasteiger partial charge in [0.2, 0.25) is 0 Å².